The van der Waals surface area contributed by atoms with Crippen LogP contribution in [-0.4, -0.2) is 45.0 Å². The molecule has 0 spiro atoms. The van der Waals surface area contributed by atoms with E-state index in [0.29, 0.717) is 6.54 Å². The molecule has 0 aromatic rings. The van der Waals surface area contributed by atoms with Crippen molar-refractivity contribution >= 4 is 14.1 Å². The van der Waals surface area contributed by atoms with E-state index in [2.05, 4.69) is 26.9 Å². The zero-order valence-corrected chi connectivity index (χ0v) is 11.3. The maximum absolute atomic E-state index is 11.8. The van der Waals surface area contributed by atoms with Gasteiger partial charge in [0.15, 0.2) is 14.3 Å². The van der Waals surface area contributed by atoms with Gasteiger partial charge in [0.2, 0.25) is 5.91 Å². The average molecular weight is 230 g/mol. The number of rotatable bonds is 4. The number of carbonyl (C=O) groups is 1. The molecule has 1 aliphatic rings. The quantitative estimate of drug-likeness (QED) is 0.574. The van der Waals surface area contributed by atoms with Gasteiger partial charge in [-0.15, -0.1) is 0 Å². The summed E-state index contributed by atoms with van der Waals surface area (Å²) in [5.74, 6) is 0.135. The SMILES string of the molecule is COC1CN([Si](C)(C)C(C)(C)CN)C1=O. The molecule has 0 saturated carbocycles. The van der Waals surface area contributed by atoms with E-state index >= 15 is 0 Å². The highest BCUT2D eigenvalue weighted by Gasteiger charge is 2.52. The highest BCUT2D eigenvalue weighted by Crippen LogP contribution is 2.40. The Morgan fingerprint density at radius 2 is 2.13 bits per heavy atom. The molecule has 0 radical (unpaired) electrons. The van der Waals surface area contributed by atoms with Gasteiger partial charge in [0.1, 0.15) is 0 Å². The number of nitrogens with two attached hydrogens (primary N) is 1. The first kappa shape index (κ1) is 12.7. The first-order valence-electron chi connectivity index (χ1n) is 5.32. The minimum Gasteiger partial charge on any atom is -0.370 e. The van der Waals surface area contributed by atoms with Crippen LogP contribution >= 0.6 is 0 Å². The molecule has 1 rings (SSSR count). The third-order valence-electron chi connectivity index (χ3n) is 4.02. The minimum absolute atomic E-state index is 0.0430. The largest absolute Gasteiger partial charge is 0.370 e. The summed E-state index contributed by atoms with van der Waals surface area (Å²) in [6.45, 7) is 10.0. The molecule has 4 nitrogen and oxygen atoms in total. The van der Waals surface area contributed by atoms with E-state index in [-0.39, 0.29) is 17.0 Å². The molecule has 88 valence electrons. The van der Waals surface area contributed by atoms with Gasteiger partial charge < -0.3 is 15.0 Å². The van der Waals surface area contributed by atoms with E-state index < -0.39 is 8.24 Å². The number of β-lactam (4-membered cyclic amide) rings is 1. The molecule has 2 N–H and O–H groups in total. The number of amides is 1. The standard InChI is InChI=1S/C10H22N2O2Si/c1-10(2,7-11)15(4,5)12-6-8(14-3)9(12)13/h8H,6-7,11H2,1-5H3. The summed E-state index contributed by atoms with van der Waals surface area (Å²) in [5, 5.41) is 0.0430. The first-order valence-corrected chi connectivity index (χ1v) is 8.27. The molecule has 0 bridgehead atoms. The lowest BCUT2D eigenvalue weighted by atomic mass is 10.2. The fraction of sp³-hybridized carbons (Fsp3) is 0.900. The Hall–Kier alpha value is -0.393. The van der Waals surface area contributed by atoms with Crippen LogP contribution < -0.4 is 5.73 Å². The van der Waals surface area contributed by atoms with Crippen molar-refractivity contribution in [2.24, 2.45) is 5.73 Å². The van der Waals surface area contributed by atoms with E-state index in [1.165, 1.54) is 0 Å². The van der Waals surface area contributed by atoms with E-state index in [1.807, 2.05) is 4.57 Å². The number of carbonyl (C=O) groups excluding carboxylic acids is 1. The Kier molecular flexibility index (Phi) is 3.28. The van der Waals surface area contributed by atoms with Gasteiger partial charge in [-0.05, 0) is 11.6 Å². The maximum Gasteiger partial charge on any atom is 0.245 e. The van der Waals surface area contributed by atoms with Crippen LogP contribution in [-0.2, 0) is 9.53 Å². The number of ether oxygens (including phenoxy) is 1. The van der Waals surface area contributed by atoms with E-state index in [9.17, 15) is 4.79 Å². The molecular weight excluding hydrogens is 208 g/mol. The number of methoxy groups -OCH3 is 1. The van der Waals surface area contributed by atoms with Gasteiger partial charge in [0.05, 0.1) is 0 Å². The molecule has 1 fully saturated rings. The average Bonchev–Trinajstić information content (AvgIpc) is 2.15. The van der Waals surface area contributed by atoms with Crippen LogP contribution in [0.4, 0.5) is 0 Å². The van der Waals surface area contributed by atoms with Gasteiger partial charge in [-0.1, -0.05) is 26.9 Å². The molecule has 1 amide bonds. The molecule has 1 saturated heterocycles. The lowest BCUT2D eigenvalue weighted by molar-refractivity contribution is -0.151. The second kappa shape index (κ2) is 3.88. The van der Waals surface area contributed by atoms with Crippen molar-refractivity contribution in [2.75, 3.05) is 20.2 Å². The van der Waals surface area contributed by atoms with Crippen LogP contribution in [0.2, 0.25) is 18.1 Å². The predicted octanol–water partition coefficient (Wildman–Crippen LogP) is 0.788. The van der Waals surface area contributed by atoms with Crippen LogP contribution in [0, 0.1) is 0 Å². The number of hydrogen-bond acceptors (Lipinski definition) is 3. The monoisotopic (exact) mass is 230 g/mol. The van der Waals surface area contributed by atoms with Crippen molar-refractivity contribution in [3.63, 3.8) is 0 Å². The van der Waals surface area contributed by atoms with Crippen LogP contribution in [0.15, 0.2) is 0 Å². The molecule has 0 aromatic heterocycles. The van der Waals surface area contributed by atoms with Gasteiger partial charge >= 0.3 is 0 Å². The van der Waals surface area contributed by atoms with Crippen molar-refractivity contribution in [1.82, 2.24) is 4.57 Å². The predicted molar refractivity (Wildman–Crippen MR) is 63.1 cm³/mol. The maximum atomic E-state index is 11.8. The van der Waals surface area contributed by atoms with Gasteiger partial charge in [-0.2, -0.15) is 0 Å². The van der Waals surface area contributed by atoms with Gasteiger partial charge in [0, 0.05) is 13.7 Å². The van der Waals surface area contributed by atoms with Crippen molar-refractivity contribution in [2.45, 2.75) is 38.1 Å². The highest BCUT2D eigenvalue weighted by atomic mass is 28.3. The zero-order chi connectivity index (χ0) is 11.9. The number of hydrogen-bond donors (Lipinski definition) is 1. The topological polar surface area (TPSA) is 55.6 Å². The third kappa shape index (κ3) is 1.83. The Labute approximate surface area is 92.9 Å². The Balaban J connectivity index is 2.77. The Bertz CT molecular complexity index is 266. The number of nitrogens with zero attached hydrogens (tertiary/aromatic N) is 1. The smallest absolute Gasteiger partial charge is 0.245 e. The van der Waals surface area contributed by atoms with Gasteiger partial charge in [-0.3, -0.25) is 4.79 Å². The fourth-order valence-electron chi connectivity index (χ4n) is 1.69. The van der Waals surface area contributed by atoms with Crippen molar-refractivity contribution in [1.29, 1.82) is 0 Å². The summed E-state index contributed by atoms with van der Waals surface area (Å²) < 4.78 is 7.06. The Morgan fingerprint density at radius 3 is 2.47 bits per heavy atom. The lowest BCUT2D eigenvalue weighted by Crippen LogP contribution is -2.71. The van der Waals surface area contributed by atoms with Crippen LogP contribution in [0.1, 0.15) is 13.8 Å². The summed E-state index contributed by atoms with van der Waals surface area (Å²) in [5.41, 5.74) is 5.79. The minimum atomic E-state index is -1.79. The lowest BCUT2D eigenvalue weighted by Gasteiger charge is -2.53. The molecule has 5 heteroatoms. The van der Waals surface area contributed by atoms with Gasteiger partial charge in [-0.25, -0.2) is 0 Å². The summed E-state index contributed by atoms with van der Waals surface area (Å²) >= 11 is 0. The molecule has 15 heavy (non-hydrogen) atoms. The molecular formula is C10H22N2O2Si. The molecule has 0 aliphatic carbocycles. The normalized spacial score (nSPS) is 22.9. The zero-order valence-electron chi connectivity index (χ0n) is 10.3. The molecule has 0 aromatic carbocycles. The van der Waals surface area contributed by atoms with E-state index in [4.69, 9.17) is 10.5 Å². The van der Waals surface area contributed by atoms with Crippen LogP contribution in [0.5, 0.6) is 0 Å². The van der Waals surface area contributed by atoms with Gasteiger partial charge in [0.25, 0.3) is 0 Å². The van der Waals surface area contributed by atoms with E-state index in [0.717, 1.165) is 6.54 Å². The highest BCUT2D eigenvalue weighted by molar-refractivity contribution is 6.80. The van der Waals surface area contributed by atoms with Crippen molar-refractivity contribution in [3.05, 3.63) is 0 Å². The van der Waals surface area contributed by atoms with Crippen LogP contribution in [0.3, 0.4) is 0 Å². The first-order chi connectivity index (χ1) is 6.78. The third-order valence-corrected chi connectivity index (χ3v) is 9.28. The molecule has 1 unspecified atom stereocenters. The second-order valence-electron chi connectivity index (χ2n) is 5.32. The molecule has 1 aliphatic heterocycles. The summed E-state index contributed by atoms with van der Waals surface area (Å²) in [7, 11) is -0.204. The fourth-order valence-corrected chi connectivity index (χ4v) is 4.24. The van der Waals surface area contributed by atoms with Crippen LogP contribution in [0.25, 0.3) is 0 Å². The van der Waals surface area contributed by atoms with Crippen molar-refractivity contribution in [3.8, 4) is 0 Å². The summed E-state index contributed by atoms with van der Waals surface area (Å²) in [6.07, 6.45) is -0.217. The van der Waals surface area contributed by atoms with Crippen molar-refractivity contribution < 1.29 is 9.53 Å². The molecule has 1 atom stereocenters. The Morgan fingerprint density at radius 1 is 1.60 bits per heavy atom. The summed E-state index contributed by atoms with van der Waals surface area (Å²) in [4.78, 5) is 11.8. The summed E-state index contributed by atoms with van der Waals surface area (Å²) in [6, 6.07) is 0. The van der Waals surface area contributed by atoms with E-state index in [1.54, 1.807) is 7.11 Å². The second-order valence-corrected chi connectivity index (χ2v) is 10.3. The molecule has 1 heterocycles.